The maximum absolute atomic E-state index is 13.3. The molecule has 0 aromatic heterocycles. The molecule has 0 radical (unpaired) electrons. The largest absolute Gasteiger partial charge is 0.417 e. The van der Waals surface area contributed by atoms with E-state index in [4.69, 9.17) is 0 Å². The third kappa shape index (κ3) is 4.84. The minimum Gasteiger partial charge on any atom is -0.368 e. The summed E-state index contributed by atoms with van der Waals surface area (Å²) in [5, 5.41) is 0. The number of fused-ring (bicyclic) bond motifs is 1. The molecule has 5 nitrogen and oxygen atoms in total. The van der Waals surface area contributed by atoms with Gasteiger partial charge in [-0.15, -0.1) is 0 Å². The Kier molecular flexibility index (Phi) is 6.63. The van der Waals surface area contributed by atoms with Crippen LogP contribution >= 0.6 is 0 Å². The van der Waals surface area contributed by atoms with E-state index in [1.165, 1.54) is 23.1 Å². The Bertz CT molecular complexity index is 1030. The molecule has 0 bridgehead atoms. The summed E-state index contributed by atoms with van der Waals surface area (Å²) in [6.45, 7) is 5.22. The van der Waals surface area contributed by atoms with Crippen LogP contribution in [0.3, 0.4) is 0 Å². The number of anilines is 1. The first-order valence-corrected chi connectivity index (χ1v) is 11.4. The number of piperazine rings is 1. The molecule has 0 N–H and O–H groups in total. The quantitative estimate of drug-likeness (QED) is 0.582. The van der Waals surface area contributed by atoms with Crippen molar-refractivity contribution < 1.29 is 22.8 Å². The molecule has 4 rings (SSSR count). The van der Waals surface area contributed by atoms with Crippen LogP contribution in [0.1, 0.15) is 58.0 Å². The average molecular weight is 460 g/mol. The summed E-state index contributed by atoms with van der Waals surface area (Å²) in [4.78, 5) is 30.9. The first kappa shape index (κ1) is 23.1. The molecule has 0 saturated carbocycles. The first-order chi connectivity index (χ1) is 15.8. The lowest BCUT2D eigenvalue weighted by molar-refractivity contribution is -0.138. The van der Waals surface area contributed by atoms with E-state index in [0.717, 1.165) is 48.7 Å². The van der Waals surface area contributed by atoms with Crippen LogP contribution in [0.15, 0.2) is 42.5 Å². The first-order valence-electron chi connectivity index (χ1n) is 11.4. The van der Waals surface area contributed by atoms with Crippen molar-refractivity contribution in [2.24, 2.45) is 0 Å². The Hall–Kier alpha value is -3.03. The number of halogens is 3. The lowest BCUT2D eigenvalue weighted by Crippen LogP contribution is -2.49. The third-order valence-corrected chi connectivity index (χ3v) is 6.39. The summed E-state index contributed by atoms with van der Waals surface area (Å²) in [5.74, 6) is -0.517. The number of carbonyl (C=O) groups excluding carboxylic acids is 2. The number of nitrogens with zero attached hydrogens (tertiary/aromatic N) is 3. The molecule has 2 aromatic carbocycles. The van der Waals surface area contributed by atoms with Gasteiger partial charge in [0.2, 0.25) is 0 Å². The smallest absolute Gasteiger partial charge is 0.368 e. The van der Waals surface area contributed by atoms with Gasteiger partial charge in [0.05, 0.1) is 11.1 Å². The Morgan fingerprint density at radius 2 is 1.73 bits per heavy atom. The van der Waals surface area contributed by atoms with Gasteiger partial charge in [0.1, 0.15) is 0 Å². The van der Waals surface area contributed by atoms with E-state index in [9.17, 15) is 22.8 Å². The molecule has 8 heteroatoms. The monoisotopic (exact) mass is 459 g/mol. The van der Waals surface area contributed by atoms with Crippen molar-refractivity contribution in [3.8, 4) is 0 Å². The van der Waals surface area contributed by atoms with Crippen molar-refractivity contribution in [1.29, 1.82) is 0 Å². The lowest BCUT2D eigenvalue weighted by atomic mass is 10.1. The average Bonchev–Trinajstić information content (AvgIpc) is 3.13. The van der Waals surface area contributed by atoms with Crippen LogP contribution in [0.4, 0.5) is 18.9 Å². The van der Waals surface area contributed by atoms with Crippen LogP contribution < -0.4 is 4.90 Å². The summed E-state index contributed by atoms with van der Waals surface area (Å²) in [7, 11) is 0. The summed E-state index contributed by atoms with van der Waals surface area (Å²) >= 11 is 0. The molecule has 2 aromatic rings. The molecule has 2 heterocycles. The van der Waals surface area contributed by atoms with Gasteiger partial charge >= 0.3 is 6.18 Å². The zero-order chi connectivity index (χ0) is 23.6. The highest BCUT2D eigenvalue weighted by Gasteiger charge is 2.36. The SMILES string of the molecule is CCCCCN1Cc2cc(N3CCN(C(=O)c4ccccc4C(F)(F)F)CC3)ccc2C1=O. The lowest BCUT2D eigenvalue weighted by Gasteiger charge is -2.36. The molecule has 1 fully saturated rings. The predicted molar refractivity (Wildman–Crippen MR) is 120 cm³/mol. The number of amides is 2. The number of carbonyl (C=O) groups is 2. The molecule has 2 amide bonds. The van der Waals surface area contributed by atoms with E-state index in [1.807, 2.05) is 23.1 Å². The Morgan fingerprint density at radius 1 is 1.00 bits per heavy atom. The molecule has 0 unspecified atom stereocenters. The Morgan fingerprint density at radius 3 is 2.42 bits per heavy atom. The number of unbranched alkanes of at least 4 members (excludes halogenated alkanes) is 2. The molecule has 2 aliphatic heterocycles. The summed E-state index contributed by atoms with van der Waals surface area (Å²) in [6, 6.07) is 10.7. The predicted octanol–water partition coefficient (Wildman–Crippen LogP) is 4.81. The summed E-state index contributed by atoms with van der Waals surface area (Å²) in [5.41, 5.74) is 1.51. The van der Waals surface area contributed by atoms with E-state index < -0.39 is 17.6 Å². The maximum Gasteiger partial charge on any atom is 0.417 e. The number of rotatable bonds is 6. The second-order valence-corrected chi connectivity index (χ2v) is 8.60. The van der Waals surface area contributed by atoms with Crippen molar-refractivity contribution in [3.05, 3.63) is 64.7 Å². The molecular weight excluding hydrogens is 431 g/mol. The van der Waals surface area contributed by atoms with Gasteiger partial charge in [-0.05, 0) is 42.3 Å². The fourth-order valence-corrected chi connectivity index (χ4v) is 4.55. The van der Waals surface area contributed by atoms with Crippen LogP contribution in [0.2, 0.25) is 0 Å². The topological polar surface area (TPSA) is 43.9 Å². The van der Waals surface area contributed by atoms with Crippen LogP contribution in [0.25, 0.3) is 0 Å². The molecule has 0 spiro atoms. The van der Waals surface area contributed by atoms with Crippen molar-refractivity contribution in [2.75, 3.05) is 37.6 Å². The molecule has 2 aliphatic rings. The highest BCUT2D eigenvalue weighted by molar-refractivity contribution is 5.99. The minimum atomic E-state index is -4.57. The van der Waals surface area contributed by atoms with Gasteiger partial charge in [0.25, 0.3) is 11.8 Å². The van der Waals surface area contributed by atoms with Gasteiger partial charge in [0, 0.05) is 50.5 Å². The summed E-state index contributed by atoms with van der Waals surface area (Å²) < 4.78 is 39.9. The van der Waals surface area contributed by atoms with Gasteiger partial charge in [0.15, 0.2) is 0 Å². The Labute approximate surface area is 191 Å². The normalized spacial score (nSPS) is 16.4. The van der Waals surface area contributed by atoms with Crippen molar-refractivity contribution in [2.45, 2.75) is 38.9 Å². The van der Waals surface area contributed by atoms with E-state index in [-0.39, 0.29) is 11.5 Å². The van der Waals surface area contributed by atoms with Crippen molar-refractivity contribution >= 4 is 17.5 Å². The maximum atomic E-state index is 13.3. The fourth-order valence-electron chi connectivity index (χ4n) is 4.55. The van der Waals surface area contributed by atoms with Gasteiger partial charge in [-0.2, -0.15) is 13.2 Å². The second kappa shape index (κ2) is 9.45. The van der Waals surface area contributed by atoms with Gasteiger partial charge in [-0.1, -0.05) is 31.9 Å². The van der Waals surface area contributed by atoms with Crippen LogP contribution in [-0.2, 0) is 12.7 Å². The number of benzene rings is 2. The molecule has 0 aliphatic carbocycles. The molecular formula is C25H28F3N3O2. The zero-order valence-corrected chi connectivity index (χ0v) is 18.7. The van der Waals surface area contributed by atoms with Crippen LogP contribution in [0, 0.1) is 0 Å². The van der Waals surface area contributed by atoms with E-state index >= 15 is 0 Å². The second-order valence-electron chi connectivity index (χ2n) is 8.60. The number of hydrogen-bond donors (Lipinski definition) is 0. The van der Waals surface area contributed by atoms with Gasteiger partial charge < -0.3 is 14.7 Å². The minimum absolute atomic E-state index is 0.0754. The van der Waals surface area contributed by atoms with Crippen molar-refractivity contribution in [3.63, 3.8) is 0 Å². The van der Waals surface area contributed by atoms with Crippen molar-refractivity contribution in [1.82, 2.24) is 9.80 Å². The standard InChI is InChI=1S/C25H28F3N3O2/c1-2-3-6-11-31-17-18-16-19(9-10-20(18)23(31)32)29-12-14-30(15-13-29)24(33)21-7-4-5-8-22(21)25(26,27)28/h4-5,7-10,16H,2-3,6,11-15,17H2,1H3. The molecule has 33 heavy (non-hydrogen) atoms. The highest BCUT2D eigenvalue weighted by Crippen LogP contribution is 2.33. The van der Waals surface area contributed by atoms with E-state index in [2.05, 4.69) is 11.8 Å². The van der Waals surface area contributed by atoms with Crippen LogP contribution in [-0.4, -0.2) is 54.3 Å². The number of alkyl halides is 3. The summed E-state index contributed by atoms with van der Waals surface area (Å²) in [6.07, 6.45) is -1.37. The Balaban J connectivity index is 1.40. The third-order valence-electron chi connectivity index (χ3n) is 6.39. The van der Waals surface area contributed by atoms with E-state index in [1.54, 1.807) is 0 Å². The highest BCUT2D eigenvalue weighted by atomic mass is 19.4. The van der Waals surface area contributed by atoms with Gasteiger partial charge in [-0.3, -0.25) is 9.59 Å². The molecule has 0 atom stereocenters. The zero-order valence-electron chi connectivity index (χ0n) is 18.7. The van der Waals surface area contributed by atoms with Gasteiger partial charge in [-0.25, -0.2) is 0 Å². The molecule has 176 valence electrons. The fraction of sp³-hybridized carbons (Fsp3) is 0.440. The number of hydrogen-bond acceptors (Lipinski definition) is 3. The molecule has 1 saturated heterocycles. The van der Waals surface area contributed by atoms with E-state index in [0.29, 0.717) is 32.7 Å². The van der Waals surface area contributed by atoms with Crippen LogP contribution in [0.5, 0.6) is 0 Å².